The Hall–Kier alpha value is -1.55. The van der Waals surface area contributed by atoms with E-state index < -0.39 is 6.09 Å². The maximum Gasteiger partial charge on any atom is 0.411 e. The fourth-order valence-electron chi connectivity index (χ4n) is 2.85. The number of amides is 1. The van der Waals surface area contributed by atoms with E-state index in [2.05, 4.69) is 23.5 Å². The lowest BCUT2D eigenvalue weighted by molar-refractivity contribution is 0.150. The van der Waals surface area contributed by atoms with Gasteiger partial charge in [0.1, 0.15) is 0 Å². The minimum atomic E-state index is -0.867. The lowest BCUT2D eigenvalue weighted by Gasteiger charge is -2.30. The lowest BCUT2D eigenvalue weighted by atomic mass is 9.83. The molecule has 4 atom stereocenters. The van der Waals surface area contributed by atoms with Gasteiger partial charge in [0.2, 0.25) is 0 Å². The van der Waals surface area contributed by atoms with Crippen molar-refractivity contribution in [2.45, 2.75) is 12.1 Å². The van der Waals surface area contributed by atoms with Gasteiger partial charge in [0.25, 0.3) is 0 Å². The molecule has 1 fully saturated rings. The summed E-state index contributed by atoms with van der Waals surface area (Å²) in [5, 5.41) is 12.5. The van der Waals surface area contributed by atoms with Crippen molar-refractivity contribution in [2.75, 3.05) is 6.54 Å². The smallest absolute Gasteiger partial charge is 0.411 e. The van der Waals surface area contributed by atoms with Crippen molar-refractivity contribution >= 4 is 6.09 Å². The van der Waals surface area contributed by atoms with Gasteiger partial charge in [0, 0.05) is 36.7 Å². The maximum absolute atomic E-state index is 10.9. The first-order chi connectivity index (χ1) is 7.75. The van der Waals surface area contributed by atoms with E-state index in [0.717, 1.165) is 0 Å². The summed E-state index contributed by atoms with van der Waals surface area (Å²) in [5.74, 6) is 0.772. The molecule has 0 aromatic carbocycles. The zero-order chi connectivity index (χ0) is 11.1. The number of fused-ring (bicyclic) bond motifs is 3. The second kappa shape index (κ2) is 3.49. The van der Waals surface area contributed by atoms with E-state index >= 15 is 0 Å². The largest absolute Gasteiger partial charge is 0.465 e. The van der Waals surface area contributed by atoms with Crippen LogP contribution in [0.4, 0.5) is 4.79 Å². The Bertz CT molecular complexity index is 400. The summed E-state index contributed by atoms with van der Waals surface area (Å²) >= 11 is 0. The fourth-order valence-corrected chi connectivity index (χ4v) is 2.85. The standard InChI is InChI=1S/C12H14N2O2/c15-12(16)14-6-5-11-9(7-14)8-3-1-2-4-10(8)13-11/h1-6,8-11,13H,7H2,(H,15,16). The molecule has 1 amide bonds. The third kappa shape index (κ3) is 1.38. The van der Waals surface area contributed by atoms with Gasteiger partial charge in [-0.3, -0.25) is 4.90 Å². The van der Waals surface area contributed by atoms with Crippen LogP contribution in [0.2, 0.25) is 0 Å². The molecule has 0 saturated carbocycles. The Labute approximate surface area is 93.9 Å². The van der Waals surface area contributed by atoms with Gasteiger partial charge in [-0.25, -0.2) is 4.79 Å². The molecule has 2 heterocycles. The van der Waals surface area contributed by atoms with Crippen LogP contribution in [0, 0.1) is 11.8 Å². The molecule has 4 heteroatoms. The molecule has 1 aliphatic carbocycles. The number of carboxylic acid groups (broad SMARTS) is 1. The zero-order valence-electron chi connectivity index (χ0n) is 8.78. The number of nitrogens with zero attached hydrogens (tertiary/aromatic N) is 1. The number of rotatable bonds is 0. The number of carbonyl (C=O) groups is 1. The van der Waals surface area contributed by atoms with Crippen LogP contribution in [-0.2, 0) is 0 Å². The van der Waals surface area contributed by atoms with Gasteiger partial charge in [0.15, 0.2) is 0 Å². The summed E-state index contributed by atoms with van der Waals surface area (Å²) in [7, 11) is 0. The Morgan fingerprint density at radius 2 is 2.06 bits per heavy atom. The maximum atomic E-state index is 10.9. The van der Waals surface area contributed by atoms with Crippen LogP contribution in [0.1, 0.15) is 0 Å². The number of hydrogen-bond donors (Lipinski definition) is 2. The predicted molar refractivity (Wildman–Crippen MR) is 59.8 cm³/mol. The van der Waals surface area contributed by atoms with Crippen LogP contribution in [0.3, 0.4) is 0 Å². The van der Waals surface area contributed by atoms with Crippen LogP contribution < -0.4 is 5.32 Å². The van der Waals surface area contributed by atoms with Crippen LogP contribution >= 0.6 is 0 Å². The SMILES string of the molecule is O=C(O)N1C=CC2NC3C=CC=CC3C2C1. The summed E-state index contributed by atoms with van der Waals surface area (Å²) in [6.45, 7) is 0.586. The minimum Gasteiger partial charge on any atom is -0.465 e. The quantitative estimate of drug-likeness (QED) is 0.642. The molecule has 4 nitrogen and oxygen atoms in total. The van der Waals surface area contributed by atoms with Crippen molar-refractivity contribution in [3.05, 3.63) is 36.6 Å². The Balaban J connectivity index is 1.84. The summed E-state index contributed by atoms with van der Waals surface area (Å²) < 4.78 is 0. The van der Waals surface area contributed by atoms with E-state index in [1.54, 1.807) is 6.20 Å². The predicted octanol–water partition coefficient (Wildman–Crippen LogP) is 1.19. The molecule has 3 aliphatic rings. The van der Waals surface area contributed by atoms with Gasteiger partial charge < -0.3 is 10.4 Å². The van der Waals surface area contributed by atoms with Crippen LogP contribution in [0.25, 0.3) is 0 Å². The van der Waals surface area contributed by atoms with Crippen LogP contribution in [-0.4, -0.2) is 34.7 Å². The first kappa shape index (κ1) is 9.66. The molecule has 16 heavy (non-hydrogen) atoms. The van der Waals surface area contributed by atoms with Crippen LogP contribution in [0.5, 0.6) is 0 Å². The second-order valence-corrected chi connectivity index (χ2v) is 4.51. The van der Waals surface area contributed by atoms with Gasteiger partial charge in [-0.2, -0.15) is 0 Å². The van der Waals surface area contributed by atoms with Crippen molar-refractivity contribution in [1.82, 2.24) is 10.2 Å². The van der Waals surface area contributed by atoms with Crippen molar-refractivity contribution in [2.24, 2.45) is 11.8 Å². The molecule has 2 N–H and O–H groups in total. The van der Waals surface area contributed by atoms with Crippen molar-refractivity contribution in [3.8, 4) is 0 Å². The molecule has 2 aliphatic heterocycles. The monoisotopic (exact) mass is 218 g/mol. The molecular formula is C12H14N2O2. The average Bonchev–Trinajstić information content (AvgIpc) is 2.66. The van der Waals surface area contributed by atoms with E-state index in [0.29, 0.717) is 30.5 Å². The van der Waals surface area contributed by atoms with E-state index in [4.69, 9.17) is 5.11 Å². The van der Waals surface area contributed by atoms with Gasteiger partial charge in [-0.15, -0.1) is 0 Å². The molecule has 0 aromatic heterocycles. The highest BCUT2D eigenvalue weighted by Gasteiger charge is 2.42. The van der Waals surface area contributed by atoms with Crippen LogP contribution in [0.15, 0.2) is 36.6 Å². The molecule has 0 radical (unpaired) electrons. The highest BCUT2D eigenvalue weighted by atomic mass is 16.4. The van der Waals surface area contributed by atoms with Crippen molar-refractivity contribution in [3.63, 3.8) is 0 Å². The van der Waals surface area contributed by atoms with Gasteiger partial charge in [-0.05, 0) is 0 Å². The Kier molecular flexibility index (Phi) is 2.11. The molecule has 84 valence electrons. The molecule has 1 saturated heterocycles. The summed E-state index contributed by atoms with van der Waals surface area (Å²) in [6, 6.07) is 0.663. The third-order valence-corrected chi connectivity index (χ3v) is 3.64. The molecule has 0 spiro atoms. The summed E-state index contributed by atoms with van der Waals surface area (Å²) in [5.41, 5.74) is 0. The number of hydrogen-bond acceptors (Lipinski definition) is 2. The van der Waals surface area contributed by atoms with Gasteiger partial charge >= 0.3 is 6.09 Å². The molecule has 0 aromatic rings. The Morgan fingerprint density at radius 3 is 2.88 bits per heavy atom. The van der Waals surface area contributed by atoms with Gasteiger partial charge in [-0.1, -0.05) is 30.4 Å². The van der Waals surface area contributed by atoms with E-state index in [1.807, 2.05) is 12.2 Å². The number of allylic oxidation sites excluding steroid dienone is 2. The first-order valence-electron chi connectivity index (χ1n) is 5.54. The molecule has 3 rings (SSSR count). The normalized spacial score (nSPS) is 39.6. The topological polar surface area (TPSA) is 52.6 Å². The minimum absolute atomic E-state index is 0.304. The first-order valence-corrected chi connectivity index (χ1v) is 5.54. The summed E-state index contributed by atoms with van der Waals surface area (Å²) in [6.07, 6.45) is 11.2. The average molecular weight is 218 g/mol. The van der Waals surface area contributed by atoms with E-state index in [1.165, 1.54) is 4.90 Å². The Morgan fingerprint density at radius 1 is 1.25 bits per heavy atom. The molecule has 4 unspecified atom stereocenters. The fraction of sp³-hybridized carbons (Fsp3) is 0.417. The second-order valence-electron chi connectivity index (χ2n) is 4.51. The lowest BCUT2D eigenvalue weighted by Crippen LogP contribution is -2.40. The highest BCUT2D eigenvalue weighted by Crippen LogP contribution is 2.34. The number of nitrogens with one attached hydrogen (secondary N) is 1. The summed E-state index contributed by atoms with van der Waals surface area (Å²) in [4.78, 5) is 12.3. The van der Waals surface area contributed by atoms with Gasteiger partial charge in [0.05, 0.1) is 0 Å². The van der Waals surface area contributed by atoms with E-state index in [-0.39, 0.29) is 0 Å². The van der Waals surface area contributed by atoms with E-state index in [9.17, 15) is 4.79 Å². The molecular weight excluding hydrogens is 204 g/mol. The van der Waals surface area contributed by atoms with Crippen molar-refractivity contribution < 1.29 is 9.90 Å². The molecule has 0 bridgehead atoms. The zero-order valence-corrected chi connectivity index (χ0v) is 8.78. The van der Waals surface area contributed by atoms with Crippen molar-refractivity contribution in [1.29, 1.82) is 0 Å². The third-order valence-electron chi connectivity index (χ3n) is 3.64. The highest BCUT2D eigenvalue weighted by molar-refractivity contribution is 5.66.